The lowest BCUT2D eigenvalue weighted by atomic mass is 10.4. The van der Waals surface area contributed by atoms with E-state index in [0.717, 1.165) is 19.0 Å². The van der Waals surface area contributed by atoms with Gasteiger partial charge in [0.05, 0.1) is 6.54 Å². The van der Waals surface area contributed by atoms with Crippen LogP contribution in [-0.2, 0) is 6.54 Å². The Kier molecular flexibility index (Phi) is 7.86. The highest BCUT2D eigenvalue weighted by Gasteiger charge is 1.98. The van der Waals surface area contributed by atoms with Crippen molar-refractivity contribution in [2.24, 2.45) is 4.99 Å². The van der Waals surface area contributed by atoms with E-state index in [4.69, 9.17) is 0 Å². The standard InChI is InChI=1S/C9H18N6.HI/c1-8(2)14-9(10-3)12-4-5-15-7-11-6-13-15;/h6-8H,4-5H2,1-3H3,(H2,10,12,14);1H. The van der Waals surface area contributed by atoms with Crippen LogP contribution in [-0.4, -0.2) is 40.4 Å². The van der Waals surface area contributed by atoms with Gasteiger partial charge in [-0.2, -0.15) is 5.10 Å². The van der Waals surface area contributed by atoms with Crippen molar-refractivity contribution in [3.05, 3.63) is 12.7 Å². The van der Waals surface area contributed by atoms with Crippen molar-refractivity contribution < 1.29 is 0 Å². The SMILES string of the molecule is CN=C(NCCn1cncn1)NC(C)C.I. The summed E-state index contributed by atoms with van der Waals surface area (Å²) in [5.41, 5.74) is 0. The van der Waals surface area contributed by atoms with E-state index in [1.807, 2.05) is 0 Å². The van der Waals surface area contributed by atoms with Crippen molar-refractivity contribution in [2.75, 3.05) is 13.6 Å². The minimum atomic E-state index is 0. The average molecular weight is 338 g/mol. The molecule has 1 aromatic rings. The molecule has 1 rings (SSSR count). The van der Waals surface area contributed by atoms with Crippen molar-refractivity contribution in [1.82, 2.24) is 25.4 Å². The first-order valence-electron chi connectivity index (χ1n) is 5.02. The van der Waals surface area contributed by atoms with Gasteiger partial charge in [0.15, 0.2) is 5.96 Å². The second-order valence-electron chi connectivity index (χ2n) is 3.46. The Morgan fingerprint density at radius 2 is 2.25 bits per heavy atom. The molecular weight excluding hydrogens is 319 g/mol. The molecular formula is C9H19IN6. The van der Waals surface area contributed by atoms with E-state index >= 15 is 0 Å². The summed E-state index contributed by atoms with van der Waals surface area (Å²) in [6.07, 6.45) is 3.22. The van der Waals surface area contributed by atoms with Crippen LogP contribution in [0.1, 0.15) is 13.8 Å². The zero-order valence-corrected chi connectivity index (χ0v) is 12.2. The summed E-state index contributed by atoms with van der Waals surface area (Å²) in [6.45, 7) is 5.70. The summed E-state index contributed by atoms with van der Waals surface area (Å²) in [5.74, 6) is 0.810. The lowest BCUT2D eigenvalue weighted by molar-refractivity contribution is 0.591. The Labute approximate surface area is 113 Å². The molecule has 0 fully saturated rings. The monoisotopic (exact) mass is 338 g/mol. The van der Waals surface area contributed by atoms with Crippen molar-refractivity contribution in [3.8, 4) is 0 Å². The summed E-state index contributed by atoms with van der Waals surface area (Å²) in [6, 6.07) is 0.377. The zero-order valence-electron chi connectivity index (χ0n) is 9.84. The van der Waals surface area contributed by atoms with Crippen LogP contribution in [0.25, 0.3) is 0 Å². The molecule has 0 bridgehead atoms. The summed E-state index contributed by atoms with van der Waals surface area (Å²) >= 11 is 0. The van der Waals surface area contributed by atoms with Gasteiger partial charge in [0, 0.05) is 19.6 Å². The van der Waals surface area contributed by atoms with Crippen molar-refractivity contribution >= 4 is 29.9 Å². The highest BCUT2D eigenvalue weighted by Crippen LogP contribution is 1.80. The van der Waals surface area contributed by atoms with E-state index in [1.54, 1.807) is 18.1 Å². The van der Waals surface area contributed by atoms with Crippen LogP contribution in [0, 0.1) is 0 Å². The molecule has 0 saturated carbocycles. The molecule has 0 amide bonds. The van der Waals surface area contributed by atoms with Crippen LogP contribution in [0.5, 0.6) is 0 Å². The lowest BCUT2D eigenvalue weighted by Crippen LogP contribution is -2.42. The fraction of sp³-hybridized carbons (Fsp3) is 0.667. The molecule has 0 atom stereocenters. The normalized spacial score (nSPS) is 11.1. The molecule has 0 aliphatic heterocycles. The zero-order chi connectivity index (χ0) is 11.1. The highest BCUT2D eigenvalue weighted by atomic mass is 127. The molecule has 1 heterocycles. The van der Waals surface area contributed by atoms with Gasteiger partial charge in [-0.3, -0.25) is 9.67 Å². The number of nitrogens with one attached hydrogen (secondary N) is 2. The van der Waals surface area contributed by atoms with Gasteiger partial charge in [-0.05, 0) is 13.8 Å². The topological polar surface area (TPSA) is 67.1 Å². The lowest BCUT2D eigenvalue weighted by Gasteiger charge is -2.14. The van der Waals surface area contributed by atoms with Crippen LogP contribution >= 0.6 is 24.0 Å². The van der Waals surface area contributed by atoms with Crippen LogP contribution in [0.2, 0.25) is 0 Å². The smallest absolute Gasteiger partial charge is 0.191 e. The molecule has 0 aromatic carbocycles. The summed E-state index contributed by atoms with van der Waals surface area (Å²) in [5, 5.41) is 10.4. The predicted octanol–water partition coefficient (Wildman–Crippen LogP) is 0.469. The molecule has 2 N–H and O–H groups in total. The second-order valence-corrected chi connectivity index (χ2v) is 3.46. The van der Waals surface area contributed by atoms with Crippen LogP contribution in [0.15, 0.2) is 17.6 Å². The van der Waals surface area contributed by atoms with Gasteiger partial charge in [-0.25, -0.2) is 4.98 Å². The summed E-state index contributed by atoms with van der Waals surface area (Å²) in [7, 11) is 1.76. The van der Waals surface area contributed by atoms with Gasteiger partial charge >= 0.3 is 0 Å². The van der Waals surface area contributed by atoms with Gasteiger partial charge in [0.25, 0.3) is 0 Å². The van der Waals surface area contributed by atoms with E-state index in [-0.39, 0.29) is 24.0 Å². The molecule has 1 aromatic heterocycles. The van der Waals surface area contributed by atoms with E-state index in [9.17, 15) is 0 Å². The van der Waals surface area contributed by atoms with Gasteiger partial charge < -0.3 is 10.6 Å². The number of nitrogens with zero attached hydrogens (tertiary/aromatic N) is 4. The Bertz CT molecular complexity index is 295. The number of guanidine groups is 1. The Hall–Kier alpha value is -0.860. The summed E-state index contributed by atoms with van der Waals surface area (Å²) < 4.78 is 1.77. The molecule has 0 radical (unpaired) electrons. The molecule has 0 aliphatic carbocycles. The first-order valence-corrected chi connectivity index (χ1v) is 5.02. The Balaban J connectivity index is 0.00000225. The van der Waals surface area contributed by atoms with Crippen molar-refractivity contribution in [3.63, 3.8) is 0 Å². The van der Waals surface area contributed by atoms with Gasteiger partial charge in [-0.15, -0.1) is 24.0 Å². The number of aromatic nitrogens is 3. The molecule has 0 saturated heterocycles. The first-order chi connectivity index (χ1) is 7.22. The quantitative estimate of drug-likeness (QED) is 0.476. The minimum Gasteiger partial charge on any atom is -0.355 e. The third-order valence-corrected chi connectivity index (χ3v) is 1.75. The van der Waals surface area contributed by atoms with Gasteiger partial charge in [-0.1, -0.05) is 0 Å². The maximum Gasteiger partial charge on any atom is 0.191 e. The second kappa shape index (κ2) is 8.31. The molecule has 16 heavy (non-hydrogen) atoms. The highest BCUT2D eigenvalue weighted by molar-refractivity contribution is 14.0. The molecule has 0 spiro atoms. The Morgan fingerprint density at radius 1 is 1.50 bits per heavy atom. The van der Waals surface area contributed by atoms with Crippen LogP contribution in [0.3, 0.4) is 0 Å². The molecule has 0 unspecified atom stereocenters. The molecule has 7 heteroatoms. The van der Waals surface area contributed by atoms with Crippen molar-refractivity contribution in [1.29, 1.82) is 0 Å². The molecule has 0 aliphatic rings. The number of aliphatic imine (C=N–C) groups is 1. The predicted molar refractivity (Wildman–Crippen MR) is 75.1 cm³/mol. The van der Waals surface area contributed by atoms with Crippen LogP contribution in [0.4, 0.5) is 0 Å². The third kappa shape index (κ3) is 5.89. The Morgan fingerprint density at radius 3 is 2.75 bits per heavy atom. The van der Waals surface area contributed by atoms with E-state index in [2.05, 4.69) is 39.6 Å². The average Bonchev–Trinajstić information content (AvgIpc) is 2.68. The summed E-state index contributed by atoms with van der Waals surface area (Å²) in [4.78, 5) is 7.96. The fourth-order valence-corrected chi connectivity index (χ4v) is 1.11. The fourth-order valence-electron chi connectivity index (χ4n) is 1.11. The largest absolute Gasteiger partial charge is 0.355 e. The van der Waals surface area contributed by atoms with E-state index < -0.39 is 0 Å². The number of rotatable bonds is 4. The maximum atomic E-state index is 4.10. The third-order valence-electron chi connectivity index (χ3n) is 1.75. The number of halogens is 1. The van der Waals surface area contributed by atoms with E-state index in [0.29, 0.717) is 6.04 Å². The van der Waals surface area contributed by atoms with E-state index in [1.165, 1.54) is 6.33 Å². The maximum absolute atomic E-state index is 4.10. The molecule has 6 nitrogen and oxygen atoms in total. The minimum absolute atomic E-state index is 0. The molecule has 92 valence electrons. The number of hydrogen-bond donors (Lipinski definition) is 2. The van der Waals surface area contributed by atoms with Gasteiger partial charge in [0.2, 0.25) is 0 Å². The van der Waals surface area contributed by atoms with Gasteiger partial charge in [0.1, 0.15) is 12.7 Å². The number of hydrogen-bond acceptors (Lipinski definition) is 3. The van der Waals surface area contributed by atoms with Crippen LogP contribution < -0.4 is 10.6 Å². The van der Waals surface area contributed by atoms with Crippen molar-refractivity contribution in [2.45, 2.75) is 26.4 Å². The first kappa shape index (κ1) is 15.1.